The summed E-state index contributed by atoms with van der Waals surface area (Å²) in [5.41, 5.74) is 1.48. The molecule has 1 N–H and O–H groups in total. The van der Waals surface area contributed by atoms with Gasteiger partial charge in [-0.2, -0.15) is 0 Å². The van der Waals surface area contributed by atoms with Crippen molar-refractivity contribution in [1.82, 2.24) is 4.90 Å². The first-order valence-electron chi connectivity index (χ1n) is 7.87. The SMILES string of the molecule is CCC1CCCCN1C(=O)CC(=O)Nc1cccc(Cl)c1C. The molecule has 22 heavy (non-hydrogen) atoms. The molecule has 1 saturated heterocycles. The molecule has 1 aliphatic heterocycles. The molecule has 120 valence electrons. The number of hydrogen-bond donors (Lipinski definition) is 1. The predicted octanol–water partition coefficient (Wildman–Crippen LogP) is 3.77. The number of carbonyl (C=O) groups is 2. The number of benzene rings is 1. The first-order chi connectivity index (χ1) is 10.5. The maximum atomic E-state index is 12.4. The van der Waals surface area contributed by atoms with Gasteiger partial charge in [0, 0.05) is 23.3 Å². The molecule has 1 unspecified atom stereocenters. The number of nitrogens with zero attached hydrogens (tertiary/aromatic N) is 1. The monoisotopic (exact) mass is 322 g/mol. The van der Waals surface area contributed by atoms with Crippen molar-refractivity contribution in [3.8, 4) is 0 Å². The van der Waals surface area contributed by atoms with Crippen molar-refractivity contribution in [3.05, 3.63) is 28.8 Å². The summed E-state index contributed by atoms with van der Waals surface area (Å²) in [6, 6.07) is 5.63. The molecule has 0 spiro atoms. The Bertz CT molecular complexity index is 560. The van der Waals surface area contributed by atoms with Crippen LogP contribution >= 0.6 is 11.6 Å². The van der Waals surface area contributed by atoms with Gasteiger partial charge in [-0.1, -0.05) is 24.6 Å². The maximum absolute atomic E-state index is 12.4. The Morgan fingerprint density at radius 1 is 1.36 bits per heavy atom. The molecular formula is C17H23ClN2O2. The van der Waals surface area contributed by atoms with E-state index in [1.54, 1.807) is 18.2 Å². The molecule has 5 heteroatoms. The van der Waals surface area contributed by atoms with Gasteiger partial charge in [0.05, 0.1) is 0 Å². The van der Waals surface area contributed by atoms with Gasteiger partial charge in [-0.25, -0.2) is 0 Å². The zero-order valence-electron chi connectivity index (χ0n) is 13.2. The minimum Gasteiger partial charge on any atom is -0.339 e. The lowest BCUT2D eigenvalue weighted by molar-refractivity contribution is -0.137. The minimum atomic E-state index is -0.282. The molecule has 4 nitrogen and oxygen atoms in total. The number of halogens is 1. The molecule has 0 aliphatic carbocycles. The van der Waals surface area contributed by atoms with Gasteiger partial charge >= 0.3 is 0 Å². The third kappa shape index (κ3) is 4.01. The Hall–Kier alpha value is -1.55. The quantitative estimate of drug-likeness (QED) is 0.858. The Labute approximate surface area is 136 Å². The van der Waals surface area contributed by atoms with Crippen molar-refractivity contribution in [3.63, 3.8) is 0 Å². The van der Waals surface area contributed by atoms with Crippen molar-refractivity contribution in [2.24, 2.45) is 0 Å². The second-order valence-corrected chi connectivity index (χ2v) is 6.19. The minimum absolute atomic E-state index is 0.0799. The van der Waals surface area contributed by atoms with Crippen LogP contribution in [0.4, 0.5) is 5.69 Å². The van der Waals surface area contributed by atoms with Crippen molar-refractivity contribution in [2.45, 2.75) is 52.0 Å². The molecule has 0 radical (unpaired) electrons. The van der Waals surface area contributed by atoms with E-state index < -0.39 is 0 Å². The summed E-state index contributed by atoms with van der Waals surface area (Å²) in [7, 11) is 0. The van der Waals surface area contributed by atoms with Gasteiger partial charge in [-0.05, 0) is 50.3 Å². The molecule has 1 aliphatic rings. The van der Waals surface area contributed by atoms with Crippen LogP contribution in [0.2, 0.25) is 5.02 Å². The van der Waals surface area contributed by atoms with Crippen molar-refractivity contribution in [1.29, 1.82) is 0 Å². The van der Waals surface area contributed by atoms with Gasteiger partial charge in [0.25, 0.3) is 0 Å². The van der Waals surface area contributed by atoms with Crippen LogP contribution in [0, 0.1) is 6.92 Å². The molecule has 2 rings (SSSR count). The fourth-order valence-corrected chi connectivity index (χ4v) is 3.10. The lowest BCUT2D eigenvalue weighted by atomic mass is 9.99. The van der Waals surface area contributed by atoms with E-state index in [0.717, 1.165) is 37.8 Å². The Morgan fingerprint density at radius 3 is 2.86 bits per heavy atom. The number of nitrogens with one attached hydrogen (secondary N) is 1. The van der Waals surface area contributed by atoms with E-state index >= 15 is 0 Å². The summed E-state index contributed by atoms with van der Waals surface area (Å²) in [6.45, 7) is 4.70. The summed E-state index contributed by atoms with van der Waals surface area (Å²) in [5.74, 6) is -0.362. The third-order valence-electron chi connectivity index (χ3n) is 4.27. The van der Waals surface area contributed by atoms with Gasteiger partial charge in [-0.3, -0.25) is 9.59 Å². The predicted molar refractivity (Wildman–Crippen MR) is 89.1 cm³/mol. The van der Waals surface area contributed by atoms with E-state index in [2.05, 4.69) is 12.2 Å². The topological polar surface area (TPSA) is 49.4 Å². The Kier molecular flexibility index (Phi) is 5.83. The Balaban J connectivity index is 1.96. The normalized spacial score (nSPS) is 18.1. The molecular weight excluding hydrogens is 300 g/mol. The smallest absolute Gasteiger partial charge is 0.233 e. The first-order valence-corrected chi connectivity index (χ1v) is 8.25. The van der Waals surface area contributed by atoms with Crippen LogP contribution in [0.1, 0.15) is 44.6 Å². The van der Waals surface area contributed by atoms with Gasteiger partial charge in [0.15, 0.2) is 0 Å². The lowest BCUT2D eigenvalue weighted by Gasteiger charge is -2.35. The van der Waals surface area contributed by atoms with Crippen molar-refractivity contribution >= 4 is 29.1 Å². The average Bonchev–Trinajstić information content (AvgIpc) is 2.51. The zero-order chi connectivity index (χ0) is 16.1. The fraction of sp³-hybridized carbons (Fsp3) is 0.529. The summed E-state index contributed by atoms with van der Waals surface area (Å²) in [6.07, 6.45) is 4.06. The molecule has 1 aromatic rings. The van der Waals surface area contributed by atoms with Crippen LogP contribution < -0.4 is 5.32 Å². The first kappa shape index (κ1) is 16.8. The Morgan fingerprint density at radius 2 is 2.14 bits per heavy atom. The molecule has 1 fully saturated rings. The fourth-order valence-electron chi connectivity index (χ4n) is 2.93. The summed E-state index contributed by atoms with van der Waals surface area (Å²) in [4.78, 5) is 26.4. The second-order valence-electron chi connectivity index (χ2n) is 5.78. The van der Waals surface area contributed by atoms with Gasteiger partial charge in [-0.15, -0.1) is 0 Å². The van der Waals surface area contributed by atoms with E-state index in [1.165, 1.54) is 0 Å². The number of piperidine rings is 1. The average molecular weight is 323 g/mol. The molecule has 1 aromatic carbocycles. The maximum Gasteiger partial charge on any atom is 0.233 e. The van der Waals surface area contributed by atoms with E-state index in [4.69, 9.17) is 11.6 Å². The van der Waals surface area contributed by atoms with E-state index in [-0.39, 0.29) is 24.3 Å². The van der Waals surface area contributed by atoms with E-state index in [0.29, 0.717) is 10.7 Å². The molecule has 0 bridgehead atoms. The van der Waals surface area contributed by atoms with Crippen LogP contribution in [0.3, 0.4) is 0 Å². The highest BCUT2D eigenvalue weighted by atomic mass is 35.5. The van der Waals surface area contributed by atoms with Gasteiger partial charge < -0.3 is 10.2 Å². The van der Waals surface area contributed by atoms with Gasteiger partial charge in [0.1, 0.15) is 6.42 Å². The van der Waals surface area contributed by atoms with Crippen LogP contribution in [-0.2, 0) is 9.59 Å². The van der Waals surface area contributed by atoms with Crippen LogP contribution in [-0.4, -0.2) is 29.3 Å². The van der Waals surface area contributed by atoms with Crippen molar-refractivity contribution in [2.75, 3.05) is 11.9 Å². The highest BCUT2D eigenvalue weighted by Crippen LogP contribution is 2.24. The number of hydrogen-bond acceptors (Lipinski definition) is 2. The molecule has 0 saturated carbocycles. The summed E-state index contributed by atoms with van der Waals surface area (Å²) in [5, 5.41) is 3.39. The van der Waals surface area contributed by atoms with Crippen LogP contribution in [0.15, 0.2) is 18.2 Å². The van der Waals surface area contributed by atoms with Gasteiger partial charge in [0.2, 0.25) is 11.8 Å². The highest BCUT2D eigenvalue weighted by molar-refractivity contribution is 6.31. The van der Waals surface area contributed by atoms with Crippen molar-refractivity contribution < 1.29 is 9.59 Å². The number of likely N-dealkylation sites (tertiary alicyclic amines) is 1. The zero-order valence-corrected chi connectivity index (χ0v) is 13.9. The standard InChI is InChI=1S/C17H23ClN2O2/c1-3-13-7-4-5-10-20(13)17(22)11-16(21)19-15-9-6-8-14(18)12(15)2/h6,8-9,13H,3-5,7,10-11H2,1-2H3,(H,19,21). The van der Waals surface area contributed by atoms with Crippen LogP contribution in [0.25, 0.3) is 0 Å². The summed E-state index contributed by atoms with van der Waals surface area (Å²) >= 11 is 6.04. The van der Waals surface area contributed by atoms with Crippen LogP contribution in [0.5, 0.6) is 0 Å². The van der Waals surface area contributed by atoms with E-state index in [9.17, 15) is 9.59 Å². The lowest BCUT2D eigenvalue weighted by Crippen LogP contribution is -2.44. The highest BCUT2D eigenvalue weighted by Gasteiger charge is 2.26. The second kappa shape index (κ2) is 7.63. The van der Waals surface area contributed by atoms with E-state index in [1.807, 2.05) is 11.8 Å². The third-order valence-corrected chi connectivity index (χ3v) is 4.68. The largest absolute Gasteiger partial charge is 0.339 e. The number of amides is 2. The molecule has 1 atom stereocenters. The number of carbonyl (C=O) groups excluding carboxylic acids is 2. The summed E-state index contributed by atoms with van der Waals surface area (Å²) < 4.78 is 0. The number of rotatable bonds is 4. The number of anilines is 1. The molecule has 2 amide bonds. The molecule has 1 heterocycles. The molecule has 0 aromatic heterocycles.